The number of benzene rings is 1. The van der Waals surface area contributed by atoms with Crippen molar-refractivity contribution in [1.82, 2.24) is 14.7 Å². The fourth-order valence-corrected chi connectivity index (χ4v) is 4.86. The van der Waals surface area contributed by atoms with Crippen LogP contribution < -0.4 is 5.32 Å². The maximum absolute atomic E-state index is 12.5. The van der Waals surface area contributed by atoms with Crippen molar-refractivity contribution >= 4 is 17.6 Å². The first-order valence-electron chi connectivity index (χ1n) is 10.1. The third kappa shape index (κ3) is 3.95. The standard InChI is InChI=1S/C21H30N4O2/c1-23-12-8-18(15-23)25-16-21(9-7-19(25)26)10-13-24(14-11-21)20(27)22-17-5-3-2-4-6-17/h2-6,18H,7-16H2,1H3,(H,22,27). The first kappa shape index (κ1) is 18.3. The summed E-state index contributed by atoms with van der Waals surface area (Å²) in [5.41, 5.74) is 1.03. The fraction of sp³-hybridized carbons (Fsp3) is 0.619. The zero-order chi connectivity index (χ0) is 18.9. The van der Waals surface area contributed by atoms with Gasteiger partial charge in [-0.05, 0) is 56.8 Å². The molecule has 27 heavy (non-hydrogen) atoms. The predicted octanol–water partition coefficient (Wildman–Crippen LogP) is 2.63. The number of likely N-dealkylation sites (tertiary alicyclic amines) is 3. The molecule has 6 nitrogen and oxygen atoms in total. The van der Waals surface area contributed by atoms with Gasteiger partial charge in [-0.1, -0.05) is 18.2 Å². The van der Waals surface area contributed by atoms with Gasteiger partial charge >= 0.3 is 6.03 Å². The van der Waals surface area contributed by atoms with E-state index < -0.39 is 0 Å². The van der Waals surface area contributed by atoms with Gasteiger partial charge in [0.2, 0.25) is 5.91 Å². The maximum atomic E-state index is 12.5. The first-order valence-corrected chi connectivity index (χ1v) is 10.1. The molecule has 1 aromatic carbocycles. The van der Waals surface area contributed by atoms with Gasteiger partial charge in [0.25, 0.3) is 0 Å². The zero-order valence-corrected chi connectivity index (χ0v) is 16.2. The number of hydrogen-bond acceptors (Lipinski definition) is 3. The highest BCUT2D eigenvalue weighted by atomic mass is 16.2. The number of para-hydroxylation sites is 1. The molecule has 1 atom stereocenters. The van der Waals surface area contributed by atoms with Crippen LogP contribution in [-0.4, -0.2) is 72.5 Å². The average molecular weight is 370 g/mol. The largest absolute Gasteiger partial charge is 0.338 e. The third-order valence-corrected chi connectivity index (χ3v) is 6.64. The van der Waals surface area contributed by atoms with Crippen molar-refractivity contribution in [3.63, 3.8) is 0 Å². The maximum Gasteiger partial charge on any atom is 0.321 e. The topological polar surface area (TPSA) is 55.9 Å². The minimum absolute atomic E-state index is 0.0165. The molecular weight excluding hydrogens is 340 g/mol. The van der Waals surface area contributed by atoms with Gasteiger partial charge in [-0.2, -0.15) is 0 Å². The molecule has 1 unspecified atom stereocenters. The van der Waals surface area contributed by atoms with Crippen LogP contribution in [0.15, 0.2) is 30.3 Å². The van der Waals surface area contributed by atoms with Crippen molar-refractivity contribution in [2.45, 2.75) is 38.1 Å². The summed E-state index contributed by atoms with van der Waals surface area (Å²) in [5, 5.41) is 2.99. The summed E-state index contributed by atoms with van der Waals surface area (Å²) in [4.78, 5) is 31.5. The summed E-state index contributed by atoms with van der Waals surface area (Å²) in [6, 6.07) is 9.97. The molecule has 3 fully saturated rings. The van der Waals surface area contributed by atoms with E-state index >= 15 is 0 Å². The summed E-state index contributed by atoms with van der Waals surface area (Å²) in [5.74, 6) is 0.324. The van der Waals surface area contributed by atoms with Gasteiger partial charge in [0.05, 0.1) is 0 Å². The van der Waals surface area contributed by atoms with E-state index in [1.807, 2.05) is 35.2 Å². The molecule has 4 rings (SSSR count). The van der Waals surface area contributed by atoms with Crippen molar-refractivity contribution in [2.24, 2.45) is 5.41 Å². The van der Waals surface area contributed by atoms with Crippen LogP contribution in [0.4, 0.5) is 10.5 Å². The molecule has 3 aliphatic heterocycles. The van der Waals surface area contributed by atoms with Crippen LogP contribution in [0.5, 0.6) is 0 Å². The number of carbonyl (C=O) groups excluding carboxylic acids is 2. The molecule has 0 bridgehead atoms. The Balaban J connectivity index is 1.35. The summed E-state index contributed by atoms with van der Waals surface area (Å²) in [6.45, 7) is 4.48. The number of anilines is 1. The van der Waals surface area contributed by atoms with E-state index in [2.05, 4.69) is 22.2 Å². The Morgan fingerprint density at radius 3 is 2.52 bits per heavy atom. The lowest BCUT2D eigenvalue weighted by molar-refractivity contribution is -0.141. The quantitative estimate of drug-likeness (QED) is 0.871. The highest BCUT2D eigenvalue weighted by Crippen LogP contribution is 2.41. The van der Waals surface area contributed by atoms with Crippen LogP contribution >= 0.6 is 0 Å². The Labute approximate surface area is 161 Å². The van der Waals surface area contributed by atoms with E-state index in [0.717, 1.165) is 64.1 Å². The summed E-state index contributed by atoms with van der Waals surface area (Å²) < 4.78 is 0. The van der Waals surface area contributed by atoms with E-state index in [-0.39, 0.29) is 11.4 Å². The zero-order valence-electron chi connectivity index (χ0n) is 16.2. The number of urea groups is 1. The molecule has 1 aromatic rings. The number of hydrogen-bond donors (Lipinski definition) is 1. The summed E-state index contributed by atoms with van der Waals surface area (Å²) >= 11 is 0. The minimum atomic E-state index is -0.0165. The fourth-order valence-electron chi connectivity index (χ4n) is 4.86. The first-order chi connectivity index (χ1) is 13.0. The number of likely N-dealkylation sites (N-methyl/N-ethyl adjacent to an activating group) is 1. The molecule has 3 saturated heterocycles. The van der Waals surface area contributed by atoms with Crippen LogP contribution in [0.25, 0.3) is 0 Å². The smallest absolute Gasteiger partial charge is 0.321 e. The van der Waals surface area contributed by atoms with E-state index in [1.54, 1.807) is 0 Å². The Morgan fingerprint density at radius 2 is 1.85 bits per heavy atom. The van der Waals surface area contributed by atoms with Crippen molar-refractivity contribution in [1.29, 1.82) is 0 Å². The van der Waals surface area contributed by atoms with E-state index in [1.165, 1.54) is 0 Å². The summed E-state index contributed by atoms with van der Waals surface area (Å²) in [6.07, 6.45) is 4.70. The molecule has 0 aliphatic carbocycles. The lowest BCUT2D eigenvalue weighted by Gasteiger charge is -2.48. The lowest BCUT2D eigenvalue weighted by Crippen LogP contribution is -2.55. The highest BCUT2D eigenvalue weighted by Gasteiger charge is 2.44. The summed E-state index contributed by atoms with van der Waals surface area (Å²) in [7, 11) is 2.13. The molecule has 1 N–H and O–H groups in total. The molecule has 6 heteroatoms. The monoisotopic (exact) mass is 370 g/mol. The van der Waals surface area contributed by atoms with Crippen molar-refractivity contribution in [2.75, 3.05) is 45.1 Å². The van der Waals surface area contributed by atoms with Crippen LogP contribution in [0.2, 0.25) is 0 Å². The molecule has 0 aromatic heterocycles. The molecule has 3 aliphatic rings. The van der Waals surface area contributed by atoms with E-state index in [4.69, 9.17) is 0 Å². The normalized spacial score (nSPS) is 25.8. The van der Waals surface area contributed by atoms with Crippen LogP contribution in [0.3, 0.4) is 0 Å². The highest BCUT2D eigenvalue weighted by molar-refractivity contribution is 5.89. The Hall–Kier alpha value is -2.08. The second-order valence-corrected chi connectivity index (χ2v) is 8.51. The van der Waals surface area contributed by atoms with Gasteiger partial charge in [0, 0.05) is 44.3 Å². The average Bonchev–Trinajstić information content (AvgIpc) is 3.11. The number of piperidine rings is 2. The molecular formula is C21H30N4O2. The van der Waals surface area contributed by atoms with Gasteiger partial charge in [0.15, 0.2) is 0 Å². The van der Waals surface area contributed by atoms with E-state index in [0.29, 0.717) is 18.4 Å². The van der Waals surface area contributed by atoms with Crippen molar-refractivity contribution in [3.05, 3.63) is 30.3 Å². The Bertz CT molecular complexity index is 685. The van der Waals surface area contributed by atoms with Gasteiger partial charge in [-0.25, -0.2) is 4.79 Å². The molecule has 1 spiro atoms. The van der Waals surface area contributed by atoms with Gasteiger partial charge < -0.3 is 20.0 Å². The van der Waals surface area contributed by atoms with Gasteiger partial charge in [0.1, 0.15) is 0 Å². The minimum Gasteiger partial charge on any atom is -0.338 e. The Morgan fingerprint density at radius 1 is 1.11 bits per heavy atom. The molecule has 3 amide bonds. The number of amides is 3. The lowest BCUT2D eigenvalue weighted by atomic mass is 9.72. The molecule has 3 heterocycles. The van der Waals surface area contributed by atoms with Crippen LogP contribution in [-0.2, 0) is 4.79 Å². The Kier molecular flexibility index (Phi) is 5.08. The second kappa shape index (κ2) is 7.50. The van der Waals surface area contributed by atoms with Crippen LogP contribution in [0, 0.1) is 5.41 Å². The van der Waals surface area contributed by atoms with Crippen LogP contribution in [0.1, 0.15) is 32.1 Å². The number of nitrogens with zero attached hydrogens (tertiary/aromatic N) is 3. The van der Waals surface area contributed by atoms with Crippen molar-refractivity contribution in [3.8, 4) is 0 Å². The van der Waals surface area contributed by atoms with E-state index in [9.17, 15) is 9.59 Å². The number of carbonyl (C=O) groups is 2. The third-order valence-electron chi connectivity index (χ3n) is 6.64. The predicted molar refractivity (Wildman–Crippen MR) is 106 cm³/mol. The van der Waals surface area contributed by atoms with Gasteiger partial charge in [-0.15, -0.1) is 0 Å². The number of nitrogens with one attached hydrogen (secondary N) is 1. The molecule has 0 saturated carbocycles. The molecule has 0 radical (unpaired) electrons. The SMILES string of the molecule is CN1CCC(N2CC3(CCC2=O)CCN(C(=O)Nc2ccccc2)CC3)C1. The second-order valence-electron chi connectivity index (χ2n) is 8.51. The van der Waals surface area contributed by atoms with Crippen molar-refractivity contribution < 1.29 is 9.59 Å². The molecule has 146 valence electrons. The number of rotatable bonds is 2. The van der Waals surface area contributed by atoms with Gasteiger partial charge in [-0.3, -0.25) is 4.79 Å².